The molecule has 0 radical (unpaired) electrons. The number of hydrogen-bond donors (Lipinski definition) is 0. The van der Waals surface area contributed by atoms with Gasteiger partial charge in [0.2, 0.25) is 5.91 Å². The van der Waals surface area contributed by atoms with Crippen molar-refractivity contribution in [2.45, 2.75) is 44.6 Å². The molecule has 3 heterocycles. The molecule has 0 aromatic carbocycles. The van der Waals surface area contributed by atoms with Crippen LogP contribution in [0, 0.1) is 17.2 Å². The van der Waals surface area contributed by atoms with Gasteiger partial charge in [0, 0.05) is 45.8 Å². The topological polar surface area (TPSA) is 72.6 Å². The Bertz CT molecular complexity index is 773. The summed E-state index contributed by atoms with van der Waals surface area (Å²) >= 11 is 0. The monoisotopic (exact) mass is 399 g/mol. The summed E-state index contributed by atoms with van der Waals surface area (Å²) in [6.45, 7) is 3.53. The summed E-state index contributed by atoms with van der Waals surface area (Å²) in [4.78, 5) is 31.7. The first-order valence-corrected chi connectivity index (χ1v) is 10.7. The number of rotatable bonds is 5. The summed E-state index contributed by atoms with van der Waals surface area (Å²) < 4.78 is 1.73. The Morgan fingerprint density at radius 3 is 2.59 bits per heavy atom. The highest BCUT2D eigenvalue weighted by atomic mass is 16.2. The number of carbonyl (C=O) groups excluding carboxylic acids is 2. The molecule has 0 aliphatic carbocycles. The Morgan fingerprint density at radius 2 is 1.93 bits per heavy atom. The third-order valence-electron chi connectivity index (χ3n) is 6.56. The maximum atomic E-state index is 12.9. The molecule has 29 heavy (non-hydrogen) atoms. The molecule has 2 amide bonds. The maximum Gasteiger partial charge on any atom is 0.270 e. The van der Waals surface area contributed by atoms with Gasteiger partial charge < -0.3 is 19.3 Å². The molecule has 158 valence electrons. The zero-order valence-electron chi connectivity index (χ0n) is 17.9. The summed E-state index contributed by atoms with van der Waals surface area (Å²) in [7, 11) is 5.87. The van der Waals surface area contributed by atoms with E-state index in [1.807, 2.05) is 16.8 Å². The smallest absolute Gasteiger partial charge is 0.270 e. The highest BCUT2D eigenvalue weighted by Gasteiger charge is 2.28. The third kappa shape index (κ3) is 5.18. The quantitative estimate of drug-likeness (QED) is 0.760. The van der Waals surface area contributed by atoms with Gasteiger partial charge >= 0.3 is 0 Å². The van der Waals surface area contributed by atoms with E-state index in [1.165, 1.54) is 0 Å². The molecular weight excluding hydrogens is 366 g/mol. The number of hydrogen-bond acceptors (Lipinski definition) is 4. The second kappa shape index (κ2) is 9.45. The van der Waals surface area contributed by atoms with Gasteiger partial charge in [-0.3, -0.25) is 9.59 Å². The van der Waals surface area contributed by atoms with Crippen molar-refractivity contribution in [2.75, 3.05) is 40.3 Å². The number of nitrogens with zero attached hydrogens (tertiary/aromatic N) is 5. The minimum atomic E-state index is -0.0199. The predicted molar refractivity (Wildman–Crippen MR) is 111 cm³/mol. The minimum Gasteiger partial charge on any atom is -0.345 e. The molecule has 1 atom stereocenters. The lowest BCUT2D eigenvalue weighted by Gasteiger charge is -2.36. The highest BCUT2D eigenvalue weighted by Crippen LogP contribution is 2.24. The van der Waals surface area contributed by atoms with Gasteiger partial charge in [0.15, 0.2) is 0 Å². The van der Waals surface area contributed by atoms with E-state index in [4.69, 9.17) is 5.26 Å². The Balaban J connectivity index is 1.50. The van der Waals surface area contributed by atoms with Crippen LogP contribution in [-0.4, -0.2) is 77.4 Å². The Kier molecular flexibility index (Phi) is 6.96. The summed E-state index contributed by atoms with van der Waals surface area (Å²) in [5.74, 6) is 0.566. The van der Waals surface area contributed by atoms with Crippen molar-refractivity contribution in [3.05, 3.63) is 23.5 Å². The van der Waals surface area contributed by atoms with Crippen molar-refractivity contribution in [1.82, 2.24) is 19.3 Å². The standard InChI is InChI=1S/C22H33N5O2/c1-24-11-8-19(9-12-24)26(3)21(28)7-6-17-5-4-10-27(16-17)22(29)20-13-18(14-23)15-25(20)2/h13,15,17,19H,4-12,16H2,1-3H3/t17-/m1/s1. The van der Waals surface area contributed by atoms with Crippen LogP contribution in [-0.2, 0) is 11.8 Å². The van der Waals surface area contributed by atoms with Crippen LogP contribution in [0.5, 0.6) is 0 Å². The average molecular weight is 400 g/mol. The van der Waals surface area contributed by atoms with E-state index < -0.39 is 0 Å². The third-order valence-corrected chi connectivity index (χ3v) is 6.56. The zero-order chi connectivity index (χ0) is 21.0. The summed E-state index contributed by atoms with van der Waals surface area (Å²) in [5.41, 5.74) is 1.06. The lowest BCUT2D eigenvalue weighted by atomic mass is 9.92. The molecule has 0 spiro atoms. The van der Waals surface area contributed by atoms with Crippen LogP contribution in [0.1, 0.15) is 54.6 Å². The minimum absolute atomic E-state index is 0.0199. The van der Waals surface area contributed by atoms with Gasteiger partial charge in [-0.15, -0.1) is 0 Å². The fraction of sp³-hybridized carbons (Fsp3) is 0.682. The van der Waals surface area contributed by atoms with Crippen molar-refractivity contribution in [3.8, 4) is 6.07 Å². The molecular formula is C22H33N5O2. The molecule has 0 unspecified atom stereocenters. The zero-order valence-corrected chi connectivity index (χ0v) is 17.9. The lowest BCUT2D eigenvalue weighted by molar-refractivity contribution is -0.133. The maximum absolute atomic E-state index is 12.9. The lowest BCUT2D eigenvalue weighted by Crippen LogP contribution is -2.45. The molecule has 2 aliphatic rings. The fourth-order valence-electron chi connectivity index (χ4n) is 4.58. The first-order chi connectivity index (χ1) is 13.9. The van der Waals surface area contributed by atoms with E-state index in [0.717, 1.165) is 51.7 Å². The summed E-state index contributed by atoms with van der Waals surface area (Å²) in [5, 5.41) is 9.06. The van der Waals surface area contributed by atoms with Crippen molar-refractivity contribution in [2.24, 2.45) is 13.0 Å². The molecule has 0 N–H and O–H groups in total. The molecule has 1 aromatic rings. The summed E-state index contributed by atoms with van der Waals surface area (Å²) in [6, 6.07) is 4.11. The number of likely N-dealkylation sites (tertiary alicyclic amines) is 2. The van der Waals surface area contributed by atoms with Crippen LogP contribution < -0.4 is 0 Å². The molecule has 2 saturated heterocycles. The fourth-order valence-corrected chi connectivity index (χ4v) is 4.58. The van der Waals surface area contributed by atoms with Crippen LogP contribution in [0.3, 0.4) is 0 Å². The number of aryl methyl sites for hydroxylation is 1. The van der Waals surface area contributed by atoms with Gasteiger partial charge in [0.05, 0.1) is 5.56 Å². The van der Waals surface area contributed by atoms with Crippen LogP contribution in [0.25, 0.3) is 0 Å². The van der Waals surface area contributed by atoms with Crippen molar-refractivity contribution in [3.63, 3.8) is 0 Å². The van der Waals surface area contributed by atoms with Gasteiger partial charge in [-0.25, -0.2) is 0 Å². The number of nitriles is 1. The molecule has 1 aromatic heterocycles. The molecule has 3 rings (SSSR count). The molecule has 0 saturated carbocycles. The first-order valence-electron chi connectivity index (χ1n) is 10.7. The SMILES string of the molecule is CN1CCC(N(C)C(=O)CC[C@H]2CCCN(C(=O)c3cc(C#N)cn3C)C2)CC1. The molecule has 0 bridgehead atoms. The van der Waals surface area contributed by atoms with Crippen LogP contribution in [0.4, 0.5) is 0 Å². The normalized spacial score (nSPS) is 21.0. The van der Waals surface area contributed by atoms with Crippen LogP contribution in [0.15, 0.2) is 12.3 Å². The molecule has 2 aliphatic heterocycles. The van der Waals surface area contributed by atoms with Gasteiger partial charge in [-0.2, -0.15) is 5.26 Å². The van der Waals surface area contributed by atoms with Crippen molar-refractivity contribution in [1.29, 1.82) is 5.26 Å². The largest absolute Gasteiger partial charge is 0.345 e. The Hall–Kier alpha value is -2.33. The van der Waals surface area contributed by atoms with E-state index in [-0.39, 0.29) is 11.8 Å². The number of aromatic nitrogens is 1. The first kappa shape index (κ1) is 21.4. The van der Waals surface area contributed by atoms with Gasteiger partial charge in [-0.05, 0) is 64.2 Å². The van der Waals surface area contributed by atoms with E-state index in [1.54, 1.807) is 23.9 Å². The van der Waals surface area contributed by atoms with Gasteiger partial charge in [-0.1, -0.05) is 0 Å². The predicted octanol–water partition coefficient (Wildman–Crippen LogP) is 2.08. The Labute approximate surface area is 173 Å². The van der Waals surface area contributed by atoms with E-state index in [0.29, 0.717) is 36.2 Å². The van der Waals surface area contributed by atoms with Crippen LogP contribution >= 0.6 is 0 Å². The number of carbonyl (C=O) groups is 2. The van der Waals surface area contributed by atoms with E-state index in [2.05, 4.69) is 18.0 Å². The molecule has 2 fully saturated rings. The van der Waals surface area contributed by atoms with Crippen molar-refractivity contribution >= 4 is 11.8 Å². The molecule has 7 nitrogen and oxygen atoms in total. The van der Waals surface area contributed by atoms with Gasteiger partial charge in [0.25, 0.3) is 5.91 Å². The van der Waals surface area contributed by atoms with E-state index >= 15 is 0 Å². The summed E-state index contributed by atoms with van der Waals surface area (Å²) in [6.07, 6.45) is 7.19. The second-order valence-corrected chi connectivity index (χ2v) is 8.67. The number of amides is 2. The van der Waals surface area contributed by atoms with Crippen LogP contribution in [0.2, 0.25) is 0 Å². The van der Waals surface area contributed by atoms with E-state index in [9.17, 15) is 9.59 Å². The molecule has 7 heteroatoms. The average Bonchev–Trinajstić information content (AvgIpc) is 3.12. The highest BCUT2D eigenvalue weighted by molar-refractivity contribution is 5.93. The Morgan fingerprint density at radius 1 is 1.21 bits per heavy atom. The van der Waals surface area contributed by atoms with Crippen molar-refractivity contribution < 1.29 is 9.59 Å². The number of piperidine rings is 2. The second-order valence-electron chi connectivity index (χ2n) is 8.67. The van der Waals surface area contributed by atoms with Gasteiger partial charge in [0.1, 0.15) is 11.8 Å².